The highest BCUT2D eigenvalue weighted by Crippen LogP contribution is 2.22. The second-order valence-corrected chi connectivity index (χ2v) is 4.41. The van der Waals surface area contributed by atoms with Gasteiger partial charge in [0.25, 0.3) is 0 Å². The number of methoxy groups -OCH3 is 1. The molecule has 0 fully saturated rings. The molecule has 2 N–H and O–H groups in total. The van der Waals surface area contributed by atoms with Crippen LogP contribution in [0.5, 0.6) is 5.88 Å². The van der Waals surface area contributed by atoms with Crippen molar-refractivity contribution >= 4 is 17.1 Å². The second kappa shape index (κ2) is 5.16. The van der Waals surface area contributed by atoms with Crippen molar-refractivity contribution in [2.24, 2.45) is 0 Å². The molecular formula is C14H15N5O. The van der Waals surface area contributed by atoms with Crippen LogP contribution in [-0.4, -0.2) is 26.6 Å². The van der Waals surface area contributed by atoms with Crippen LogP contribution in [0, 0.1) is 0 Å². The van der Waals surface area contributed by atoms with E-state index in [4.69, 9.17) is 10.5 Å². The van der Waals surface area contributed by atoms with Gasteiger partial charge in [-0.1, -0.05) is 30.3 Å². The summed E-state index contributed by atoms with van der Waals surface area (Å²) in [7, 11) is 1.56. The van der Waals surface area contributed by atoms with Crippen LogP contribution in [0.15, 0.2) is 36.7 Å². The molecule has 0 aliphatic rings. The Labute approximate surface area is 116 Å². The summed E-state index contributed by atoms with van der Waals surface area (Å²) in [5.74, 6) is 0.870. The molecule has 1 aromatic carbocycles. The molecule has 0 amide bonds. The Bertz CT molecular complexity index is 723. The highest BCUT2D eigenvalue weighted by molar-refractivity contribution is 5.78. The summed E-state index contributed by atoms with van der Waals surface area (Å²) in [6.07, 6.45) is 2.32. The number of benzene rings is 1. The van der Waals surface area contributed by atoms with E-state index < -0.39 is 0 Å². The van der Waals surface area contributed by atoms with Crippen molar-refractivity contribution in [2.75, 3.05) is 12.8 Å². The van der Waals surface area contributed by atoms with Gasteiger partial charge in [0, 0.05) is 6.54 Å². The van der Waals surface area contributed by atoms with Gasteiger partial charge in [0.2, 0.25) is 11.8 Å². The number of ether oxygens (including phenoxy) is 1. The fourth-order valence-corrected chi connectivity index (χ4v) is 2.19. The molecule has 6 heteroatoms. The number of hydrogen-bond acceptors (Lipinski definition) is 5. The van der Waals surface area contributed by atoms with Gasteiger partial charge in [-0.3, -0.25) is 4.57 Å². The van der Waals surface area contributed by atoms with Gasteiger partial charge < -0.3 is 10.5 Å². The summed E-state index contributed by atoms with van der Waals surface area (Å²) < 4.78 is 7.06. The van der Waals surface area contributed by atoms with Crippen molar-refractivity contribution in [1.82, 2.24) is 19.5 Å². The maximum Gasteiger partial charge on any atom is 0.245 e. The van der Waals surface area contributed by atoms with E-state index in [1.54, 1.807) is 7.11 Å². The smallest absolute Gasteiger partial charge is 0.245 e. The second-order valence-electron chi connectivity index (χ2n) is 4.41. The summed E-state index contributed by atoms with van der Waals surface area (Å²) in [4.78, 5) is 12.6. The van der Waals surface area contributed by atoms with E-state index in [1.807, 2.05) is 22.8 Å². The summed E-state index contributed by atoms with van der Waals surface area (Å²) in [5.41, 5.74) is 8.51. The lowest BCUT2D eigenvalue weighted by molar-refractivity contribution is 0.401. The van der Waals surface area contributed by atoms with Crippen LogP contribution in [0.4, 0.5) is 5.95 Å². The molecule has 0 saturated carbocycles. The zero-order valence-corrected chi connectivity index (χ0v) is 11.2. The van der Waals surface area contributed by atoms with Crippen LogP contribution in [0.3, 0.4) is 0 Å². The molecule has 0 atom stereocenters. The SMILES string of the molecule is COc1ncnc2c1nc(N)n2CCc1ccccc1. The first kappa shape index (κ1) is 12.4. The fourth-order valence-electron chi connectivity index (χ4n) is 2.19. The molecule has 2 heterocycles. The van der Waals surface area contributed by atoms with E-state index in [-0.39, 0.29) is 0 Å². The molecule has 2 aromatic heterocycles. The Hall–Kier alpha value is -2.63. The first-order chi connectivity index (χ1) is 9.79. The zero-order valence-electron chi connectivity index (χ0n) is 11.2. The van der Waals surface area contributed by atoms with Gasteiger partial charge in [0.15, 0.2) is 11.2 Å². The van der Waals surface area contributed by atoms with Crippen molar-refractivity contribution < 1.29 is 4.74 Å². The quantitative estimate of drug-likeness (QED) is 0.779. The normalized spacial score (nSPS) is 10.8. The fraction of sp³-hybridized carbons (Fsp3) is 0.214. The number of nitrogens with zero attached hydrogens (tertiary/aromatic N) is 4. The Balaban J connectivity index is 1.93. The van der Waals surface area contributed by atoms with E-state index in [9.17, 15) is 0 Å². The van der Waals surface area contributed by atoms with Crippen LogP contribution in [0.25, 0.3) is 11.2 Å². The molecular weight excluding hydrogens is 254 g/mol. The Morgan fingerprint density at radius 1 is 1.20 bits per heavy atom. The third kappa shape index (κ3) is 2.16. The van der Waals surface area contributed by atoms with Gasteiger partial charge in [-0.05, 0) is 12.0 Å². The van der Waals surface area contributed by atoms with Gasteiger partial charge in [0.05, 0.1) is 7.11 Å². The number of imidazole rings is 1. The van der Waals surface area contributed by atoms with E-state index in [0.29, 0.717) is 29.5 Å². The number of nitrogen functional groups attached to an aromatic ring is 1. The van der Waals surface area contributed by atoms with Crippen molar-refractivity contribution in [3.8, 4) is 5.88 Å². The Morgan fingerprint density at radius 3 is 2.75 bits per heavy atom. The standard InChI is InChI=1S/C14H15N5O/c1-20-13-11-12(16-9-17-13)19(14(15)18-11)8-7-10-5-3-2-4-6-10/h2-6,9H,7-8H2,1H3,(H2,15,18). The Morgan fingerprint density at radius 2 is 2.00 bits per heavy atom. The average molecular weight is 269 g/mol. The van der Waals surface area contributed by atoms with E-state index in [1.165, 1.54) is 11.9 Å². The zero-order chi connectivity index (χ0) is 13.9. The van der Waals surface area contributed by atoms with Crippen LogP contribution < -0.4 is 10.5 Å². The van der Waals surface area contributed by atoms with Crippen molar-refractivity contribution in [1.29, 1.82) is 0 Å². The first-order valence-electron chi connectivity index (χ1n) is 6.34. The number of hydrogen-bond donors (Lipinski definition) is 1. The molecule has 20 heavy (non-hydrogen) atoms. The van der Waals surface area contributed by atoms with Gasteiger partial charge in [-0.15, -0.1) is 0 Å². The van der Waals surface area contributed by atoms with E-state index in [2.05, 4.69) is 27.1 Å². The molecule has 0 bridgehead atoms. The molecule has 0 spiro atoms. The minimum atomic E-state index is 0.426. The molecule has 6 nitrogen and oxygen atoms in total. The monoisotopic (exact) mass is 269 g/mol. The third-order valence-corrected chi connectivity index (χ3v) is 3.19. The topological polar surface area (TPSA) is 78.8 Å². The molecule has 0 saturated heterocycles. The highest BCUT2D eigenvalue weighted by Gasteiger charge is 2.14. The molecule has 0 radical (unpaired) electrons. The van der Waals surface area contributed by atoms with Crippen molar-refractivity contribution in [2.45, 2.75) is 13.0 Å². The first-order valence-corrected chi connectivity index (χ1v) is 6.34. The molecule has 3 rings (SSSR count). The van der Waals surface area contributed by atoms with Crippen molar-refractivity contribution in [3.63, 3.8) is 0 Å². The lowest BCUT2D eigenvalue weighted by Crippen LogP contribution is -2.06. The summed E-state index contributed by atoms with van der Waals surface area (Å²) in [6.45, 7) is 0.715. The van der Waals surface area contributed by atoms with Gasteiger partial charge in [0.1, 0.15) is 6.33 Å². The lowest BCUT2D eigenvalue weighted by Gasteiger charge is -2.06. The predicted molar refractivity (Wildman–Crippen MR) is 76.4 cm³/mol. The van der Waals surface area contributed by atoms with Crippen LogP contribution in [0.2, 0.25) is 0 Å². The van der Waals surface area contributed by atoms with E-state index >= 15 is 0 Å². The molecule has 0 aliphatic carbocycles. The van der Waals surface area contributed by atoms with E-state index in [0.717, 1.165) is 6.42 Å². The summed E-state index contributed by atoms with van der Waals surface area (Å²) >= 11 is 0. The third-order valence-electron chi connectivity index (χ3n) is 3.19. The molecule has 0 unspecified atom stereocenters. The van der Waals surface area contributed by atoms with Crippen LogP contribution >= 0.6 is 0 Å². The van der Waals surface area contributed by atoms with Crippen LogP contribution in [-0.2, 0) is 13.0 Å². The molecule has 102 valence electrons. The average Bonchev–Trinajstić information content (AvgIpc) is 2.81. The van der Waals surface area contributed by atoms with Crippen molar-refractivity contribution in [3.05, 3.63) is 42.2 Å². The van der Waals surface area contributed by atoms with Gasteiger partial charge >= 0.3 is 0 Å². The number of nitrogens with two attached hydrogens (primary N) is 1. The van der Waals surface area contributed by atoms with Gasteiger partial charge in [-0.2, -0.15) is 4.98 Å². The highest BCUT2D eigenvalue weighted by atomic mass is 16.5. The maximum absolute atomic E-state index is 5.97. The number of aryl methyl sites for hydroxylation is 2. The number of fused-ring (bicyclic) bond motifs is 1. The lowest BCUT2D eigenvalue weighted by atomic mass is 10.1. The van der Waals surface area contributed by atoms with Crippen LogP contribution in [0.1, 0.15) is 5.56 Å². The predicted octanol–water partition coefficient (Wildman–Crippen LogP) is 1.66. The largest absolute Gasteiger partial charge is 0.479 e. The molecule has 3 aromatic rings. The van der Waals surface area contributed by atoms with Gasteiger partial charge in [-0.25, -0.2) is 9.97 Å². The number of rotatable bonds is 4. The number of aromatic nitrogens is 4. The Kier molecular flexibility index (Phi) is 3.20. The molecule has 0 aliphatic heterocycles. The summed E-state index contributed by atoms with van der Waals surface area (Å²) in [5, 5.41) is 0. The minimum Gasteiger partial charge on any atom is -0.479 e. The summed E-state index contributed by atoms with van der Waals surface area (Å²) in [6, 6.07) is 10.2. The maximum atomic E-state index is 5.97. The minimum absolute atomic E-state index is 0.426. The number of anilines is 1.